The molecule has 0 saturated carbocycles. The van der Waals surface area contributed by atoms with Crippen molar-refractivity contribution >= 4 is 20.9 Å². The number of hydrogen-bond acceptors (Lipinski definition) is 6. The van der Waals surface area contributed by atoms with Crippen LogP contribution in [0.25, 0.3) is 10.9 Å². The molecule has 0 aliphatic carbocycles. The Balaban J connectivity index is 2.26. The topological polar surface area (TPSA) is 130 Å². The molecule has 1 aromatic heterocycles. The van der Waals surface area contributed by atoms with Gasteiger partial charge < -0.3 is 14.8 Å². The molecule has 0 unspecified atom stereocenters. The molecular weight excluding hydrogens is 407 g/mol. The minimum atomic E-state index is -4.77. The zero-order valence-electron chi connectivity index (χ0n) is 14.4. The first-order valence-electron chi connectivity index (χ1n) is 8.01. The van der Waals surface area contributed by atoms with Crippen molar-refractivity contribution in [2.24, 2.45) is 0 Å². The van der Waals surface area contributed by atoms with E-state index in [0.29, 0.717) is 12.3 Å². The van der Waals surface area contributed by atoms with Gasteiger partial charge in [-0.2, -0.15) is 17.8 Å². The molecule has 1 aliphatic heterocycles. The maximum Gasteiger partial charge on any atom is 0.416 e. The molecule has 28 heavy (non-hydrogen) atoms. The minimum absolute atomic E-state index is 0.0844. The molecule has 3 N–H and O–H groups in total. The molecule has 1 aromatic carbocycles. The number of aromatic amines is 1. The fourth-order valence-electron chi connectivity index (χ4n) is 3.16. The molecular formula is C15H16F3N3O6S. The highest BCUT2D eigenvalue weighted by molar-refractivity contribution is 7.91. The number of sulfonamides is 1. The summed E-state index contributed by atoms with van der Waals surface area (Å²) in [6, 6.07) is 1.62. The molecule has 0 spiro atoms. The van der Waals surface area contributed by atoms with E-state index in [2.05, 4.69) is 4.98 Å². The predicted octanol–water partition coefficient (Wildman–Crippen LogP) is 0.0765. The summed E-state index contributed by atoms with van der Waals surface area (Å²) in [6.07, 6.45) is -4.56. The Bertz CT molecular complexity index is 1140. The van der Waals surface area contributed by atoms with Gasteiger partial charge >= 0.3 is 11.9 Å². The van der Waals surface area contributed by atoms with Crippen LogP contribution in [-0.4, -0.2) is 48.8 Å². The van der Waals surface area contributed by atoms with E-state index in [0.717, 1.165) is 6.07 Å². The van der Waals surface area contributed by atoms with Crippen molar-refractivity contribution in [3.05, 3.63) is 44.1 Å². The van der Waals surface area contributed by atoms with Gasteiger partial charge in [-0.1, -0.05) is 0 Å². The van der Waals surface area contributed by atoms with Crippen molar-refractivity contribution in [3.63, 3.8) is 0 Å². The molecule has 2 aromatic rings. The highest BCUT2D eigenvalue weighted by atomic mass is 32.2. The van der Waals surface area contributed by atoms with E-state index in [1.807, 2.05) is 0 Å². The second-order valence-corrected chi connectivity index (χ2v) is 8.21. The lowest BCUT2D eigenvalue weighted by Crippen LogP contribution is -2.43. The molecule has 1 fully saturated rings. The molecule has 0 amide bonds. The second kappa shape index (κ2) is 6.90. The van der Waals surface area contributed by atoms with Crippen LogP contribution in [0.2, 0.25) is 0 Å². The Morgan fingerprint density at radius 1 is 1.36 bits per heavy atom. The highest BCUT2D eigenvalue weighted by Gasteiger charge is 2.38. The molecule has 1 saturated heterocycles. The van der Waals surface area contributed by atoms with Crippen LogP contribution in [0, 0.1) is 0 Å². The molecule has 1 aliphatic rings. The summed E-state index contributed by atoms with van der Waals surface area (Å²) in [7, 11) is -3.99. The normalized spacial score (nSPS) is 20.6. The Morgan fingerprint density at radius 3 is 2.57 bits per heavy atom. The van der Waals surface area contributed by atoms with Crippen molar-refractivity contribution in [1.82, 2.24) is 9.66 Å². The number of hydrogen-bond donors (Lipinski definition) is 3. The number of ether oxygens (including phenoxy) is 1. The van der Waals surface area contributed by atoms with Crippen molar-refractivity contribution in [2.45, 2.75) is 24.6 Å². The second-order valence-electron chi connectivity index (χ2n) is 6.49. The fourth-order valence-corrected chi connectivity index (χ4v) is 3.66. The fraction of sp³-hybridized carbons (Fsp3) is 0.467. The molecule has 154 valence electrons. The molecule has 3 rings (SSSR count). The van der Waals surface area contributed by atoms with Gasteiger partial charge in [0.1, 0.15) is 0 Å². The lowest BCUT2D eigenvalue weighted by molar-refractivity contribution is -0.138. The summed E-state index contributed by atoms with van der Waals surface area (Å²) in [5, 5.41) is 8.85. The average molecular weight is 423 g/mol. The first kappa shape index (κ1) is 20.4. The Hall–Kier alpha value is -2.38. The van der Waals surface area contributed by atoms with Crippen LogP contribution in [0.5, 0.6) is 0 Å². The number of benzene rings is 1. The van der Waals surface area contributed by atoms with Crippen LogP contribution in [0.15, 0.2) is 21.7 Å². The largest absolute Gasteiger partial charge is 0.416 e. The smallest absolute Gasteiger partial charge is 0.394 e. The summed E-state index contributed by atoms with van der Waals surface area (Å²) in [5.74, 6) is -0.735. The number of aromatic nitrogens is 2. The first-order chi connectivity index (χ1) is 12.9. The molecule has 2 heterocycles. The average Bonchev–Trinajstić information content (AvgIpc) is 3.05. The number of nitrogens with one attached hydrogen (secondary N) is 2. The number of H-pyrrole nitrogens is 1. The minimum Gasteiger partial charge on any atom is -0.394 e. The van der Waals surface area contributed by atoms with Crippen molar-refractivity contribution < 1.29 is 31.4 Å². The summed E-state index contributed by atoms with van der Waals surface area (Å²) < 4.78 is 68.8. The lowest BCUT2D eigenvalue weighted by atomic mass is 9.90. The van der Waals surface area contributed by atoms with Gasteiger partial charge in [0.25, 0.3) is 5.56 Å². The maximum absolute atomic E-state index is 13.6. The number of alkyl halides is 3. The van der Waals surface area contributed by atoms with Gasteiger partial charge in [-0.25, -0.2) is 18.0 Å². The van der Waals surface area contributed by atoms with Crippen LogP contribution in [-0.2, 0) is 20.9 Å². The van der Waals surface area contributed by atoms with Gasteiger partial charge in [-0.15, -0.1) is 0 Å². The Kier molecular flexibility index (Phi) is 5.02. The van der Waals surface area contributed by atoms with Gasteiger partial charge in [0.05, 0.1) is 42.0 Å². The summed E-state index contributed by atoms with van der Waals surface area (Å²) >= 11 is 0. The van der Waals surface area contributed by atoms with Crippen molar-refractivity contribution in [2.75, 3.05) is 24.3 Å². The maximum atomic E-state index is 13.6. The van der Waals surface area contributed by atoms with Gasteiger partial charge in [0, 0.05) is 5.92 Å². The van der Waals surface area contributed by atoms with Crippen LogP contribution in [0.4, 0.5) is 13.2 Å². The first-order valence-corrected chi connectivity index (χ1v) is 9.90. The third kappa shape index (κ3) is 3.91. The SMILES string of the molecule is CS(=O)(=O)Nn1c(=O)[nH]c2cc(C(F)(F)F)c([C@H]3CO[C@@H](CO)C3)cc2c1=O. The van der Waals surface area contributed by atoms with Crippen molar-refractivity contribution in [3.8, 4) is 0 Å². The summed E-state index contributed by atoms with van der Waals surface area (Å²) in [5.41, 5.74) is -4.00. The summed E-state index contributed by atoms with van der Waals surface area (Å²) in [6.45, 7) is -0.442. The molecule has 2 atom stereocenters. The van der Waals surface area contributed by atoms with Gasteiger partial charge in [-0.3, -0.25) is 4.79 Å². The lowest BCUT2D eigenvalue weighted by Gasteiger charge is -2.18. The van der Waals surface area contributed by atoms with Crippen LogP contribution < -0.4 is 16.1 Å². The Morgan fingerprint density at radius 2 is 2.04 bits per heavy atom. The zero-order chi connectivity index (χ0) is 20.9. The number of fused-ring (bicyclic) bond motifs is 1. The van der Waals surface area contributed by atoms with Gasteiger partial charge in [0.2, 0.25) is 10.0 Å². The van der Waals surface area contributed by atoms with E-state index < -0.39 is 45.0 Å². The van der Waals surface area contributed by atoms with Crippen LogP contribution in [0.1, 0.15) is 23.5 Å². The standard InChI is InChI=1S/C15H16F3N3O6S/c1-28(25,26)20-21-13(23)10-3-9(7-2-8(5-22)27-6-7)11(15(16,17)18)4-12(10)19-14(21)24/h3-4,7-8,20,22H,2,5-6H2,1H3,(H,19,24)/t7-,8-/m1/s1. The number of aliphatic hydroxyl groups is 1. The molecule has 9 nitrogen and oxygen atoms in total. The van der Waals surface area contributed by atoms with Crippen LogP contribution in [0.3, 0.4) is 0 Å². The van der Waals surface area contributed by atoms with E-state index in [1.165, 1.54) is 0 Å². The van der Waals surface area contributed by atoms with E-state index in [4.69, 9.17) is 9.84 Å². The number of rotatable bonds is 4. The zero-order valence-corrected chi connectivity index (χ0v) is 15.2. The van der Waals surface area contributed by atoms with Crippen molar-refractivity contribution in [1.29, 1.82) is 0 Å². The Labute approximate surface area is 155 Å². The third-order valence-electron chi connectivity index (χ3n) is 4.35. The quantitative estimate of drug-likeness (QED) is 0.638. The molecule has 0 bridgehead atoms. The monoisotopic (exact) mass is 423 g/mol. The number of aliphatic hydroxyl groups excluding tert-OH is 1. The highest BCUT2D eigenvalue weighted by Crippen LogP contribution is 2.40. The van der Waals surface area contributed by atoms with E-state index >= 15 is 0 Å². The number of nitrogens with zero attached hydrogens (tertiary/aromatic N) is 1. The number of halogens is 3. The van der Waals surface area contributed by atoms with Crippen LogP contribution >= 0.6 is 0 Å². The van der Waals surface area contributed by atoms with E-state index in [-0.39, 0.29) is 40.8 Å². The summed E-state index contributed by atoms with van der Waals surface area (Å²) in [4.78, 5) is 28.3. The molecule has 13 heteroatoms. The predicted molar refractivity (Wildman–Crippen MR) is 92.2 cm³/mol. The van der Waals surface area contributed by atoms with E-state index in [1.54, 1.807) is 4.83 Å². The van der Waals surface area contributed by atoms with Gasteiger partial charge in [0.15, 0.2) is 0 Å². The molecule has 0 radical (unpaired) electrons. The van der Waals surface area contributed by atoms with E-state index in [9.17, 15) is 31.2 Å². The van der Waals surface area contributed by atoms with Gasteiger partial charge in [-0.05, 0) is 24.1 Å². The third-order valence-corrected chi connectivity index (χ3v) is 4.87.